The maximum Gasteiger partial charge on any atom is 0.469 e. The summed E-state index contributed by atoms with van der Waals surface area (Å²) in [5.74, 6) is -1.70. The number of nitrogens with one attached hydrogen (secondary N) is 1. The zero-order valence-corrected chi connectivity index (χ0v) is 15.9. The van der Waals surface area contributed by atoms with Gasteiger partial charge in [-0.1, -0.05) is 6.08 Å². The van der Waals surface area contributed by atoms with Crippen LogP contribution in [0.1, 0.15) is 23.2 Å². The molecule has 0 saturated heterocycles. The Kier molecular flexibility index (Phi) is 8.12. The van der Waals surface area contributed by atoms with E-state index in [4.69, 9.17) is 24.7 Å². The van der Waals surface area contributed by atoms with E-state index in [-0.39, 0.29) is 41.2 Å². The molecule has 0 aliphatic heterocycles. The molecule has 0 bridgehead atoms. The van der Waals surface area contributed by atoms with Gasteiger partial charge >= 0.3 is 21.4 Å². The molecule has 0 saturated carbocycles. The fourth-order valence-corrected chi connectivity index (χ4v) is 2.73. The molecule has 1 aromatic rings. The molecule has 0 fully saturated rings. The lowest BCUT2D eigenvalue weighted by molar-refractivity contribution is -0.133. The molecule has 0 amide bonds. The minimum absolute atomic E-state index is 0.109. The number of aryl methyl sites for hydroxylation is 1. The smallest absolute Gasteiger partial charge is 0.469 e. The molecule has 1 aromatic heterocycles. The number of carbonyl (C=O) groups is 1. The van der Waals surface area contributed by atoms with Crippen molar-refractivity contribution in [3.05, 3.63) is 34.8 Å². The average Bonchev–Trinajstić information content (AvgIpc) is 2.50. The zero-order chi connectivity index (χ0) is 20.8. The third-order valence-corrected chi connectivity index (χ3v) is 4.58. The summed E-state index contributed by atoms with van der Waals surface area (Å²) in [6.07, 6.45) is 1.57. The van der Waals surface area contributed by atoms with Gasteiger partial charge in [0.25, 0.3) is 0 Å². The third-order valence-electron chi connectivity index (χ3n) is 3.27. The normalized spacial score (nSPS) is 12.9. The highest BCUT2D eigenvalue weighted by atomic mass is 31.2. The minimum Gasteiger partial charge on any atom is -0.506 e. The van der Waals surface area contributed by atoms with Gasteiger partial charge in [0.1, 0.15) is 11.4 Å². The Bertz CT molecular complexity index is 814. The Morgan fingerprint density at radius 3 is 2.44 bits per heavy atom. The maximum atomic E-state index is 11.2. The number of rotatable bonds is 10. The number of nitrogens with zero attached hydrogens (tertiary/aromatic N) is 1. The predicted molar refractivity (Wildman–Crippen MR) is 91.6 cm³/mol. The molecule has 0 unspecified atom stereocenters. The van der Waals surface area contributed by atoms with Gasteiger partial charge in [-0.05, 0) is 13.3 Å². The second-order valence-electron chi connectivity index (χ2n) is 5.41. The van der Waals surface area contributed by atoms with Gasteiger partial charge in [-0.3, -0.25) is 14.1 Å². The van der Waals surface area contributed by atoms with Crippen LogP contribution in [0, 0.1) is 6.92 Å². The van der Waals surface area contributed by atoms with E-state index in [1.54, 1.807) is 0 Å². The molecule has 27 heavy (non-hydrogen) atoms. The highest BCUT2D eigenvalue weighted by Crippen LogP contribution is 2.38. The fourth-order valence-electron chi connectivity index (χ4n) is 1.96. The summed E-state index contributed by atoms with van der Waals surface area (Å²) < 4.78 is 26.0. The highest BCUT2D eigenvalue weighted by molar-refractivity contribution is 7.51. The molecular formula is C13H20N2O10P2. The number of pyridine rings is 1. The van der Waals surface area contributed by atoms with Crippen molar-refractivity contribution in [2.45, 2.75) is 26.5 Å². The number of aromatic hydroxyl groups is 1. The Morgan fingerprint density at radius 1 is 1.30 bits per heavy atom. The van der Waals surface area contributed by atoms with E-state index < -0.39 is 34.2 Å². The molecule has 152 valence electrons. The maximum absolute atomic E-state index is 11.2. The monoisotopic (exact) mass is 426 g/mol. The number of carboxylic acids is 1. The molecule has 1 heterocycles. The van der Waals surface area contributed by atoms with E-state index in [9.17, 15) is 19.0 Å². The summed E-state index contributed by atoms with van der Waals surface area (Å²) in [6, 6.07) is 0. The number of phosphoric ester groups is 1. The molecular weight excluding hydrogens is 406 g/mol. The van der Waals surface area contributed by atoms with Crippen LogP contribution in [0.4, 0.5) is 0 Å². The van der Waals surface area contributed by atoms with E-state index in [0.29, 0.717) is 0 Å². The van der Waals surface area contributed by atoms with Crippen molar-refractivity contribution in [2.24, 2.45) is 0 Å². The molecule has 0 aliphatic rings. The van der Waals surface area contributed by atoms with Gasteiger partial charge in [0.2, 0.25) is 0 Å². The van der Waals surface area contributed by atoms with Gasteiger partial charge in [0.05, 0.1) is 18.5 Å². The van der Waals surface area contributed by atoms with Gasteiger partial charge in [-0.25, -0.2) is 9.36 Å². The lowest BCUT2D eigenvalue weighted by atomic mass is 10.1. The predicted octanol–water partition coefficient (Wildman–Crippen LogP) is 0.331. The Balaban J connectivity index is 2.99. The van der Waals surface area contributed by atoms with Crippen molar-refractivity contribution < 1.29 is 48.2 Å². The summed E-state index contributed by atoms with van der Waals surface area (Å²) in [5, 5.41) is 21.8. The molecule has 12 nitrogen and oxygen atoms in total. The summed E-state index contributed by atoms with van der Waals surface area (Å²) in [7, 11) is -9.05. The van der Waals surface area contributed by atoms with Crippen LogP contribution >= 0.6 is 15.4 Å². The second-order valence-corrected chi connectivity index (χ2v) is 8.43. The lowest BCUT2D eigenvalue weighted by Gasteiger charge is -2.15. The van der Waals surface area contributed by atoms with Gasteiger partial charge < -0.3 is 35.1 Å². The minimum atomic E-state index is -4.77. The van der Waals surface area contributed by atoms with Gasteiger partial charge in [0.15, 0.2) is 0 Å². The number of aromatic nitrogens is 1. The van der Waals surface area contributed by atoms with Crippen molar-refractivity contribution in [3.63, 3.8) is 0 Å². The molecule has 0 radical (unpaired) electrons. The van der Waals surface area contributed by atoms with Crippen LogP contribution in [0.25, 0.3) is 0 Å². The van der Waals surface area contributed by atoms with Gasteiger partial charge in [-0.15, -0.1) is 0 Å². The molecule has 0 spiro atoms. The Morgan fingerprint density at radius 2 is 1.93 bits per heavy atom. The first-order chi connectivity index (χ1) is 12.3. The van der Waals surface area contributed by atoms with Gasteiger partial charge in [-0.2, -0.15) is 0 Å². The van der Waals surface area contributed by atoms with Crippen LogP contribution in [0.15, 0.2) is 18.0 Å². The van der Waals surface area contributed by atoms with Gasteiger partial charge in [0, 0.05) is 23.9 Å². The van der Waals surface area contributed by atoms with Crippen molar-refractivity contribution in [1.29, 1.82) is 0 Å². The number of phosphoric acid groups is 1. The van der Waals surface area contributed by atoms with Crippen LogP contribution in [-0.2, 0) is 31.6 Å². The summed E-state index contributed by atoms with van der Waals surface area (Å²) in [6.45, 7) is 0.635. The standard InChI is InChI=1S/C13H20N2O10P2/c1-8-12(16)10(9(5-14-8)7-25-27(22,23)24)6-15-11(13(17)18)3-2-4-26(19,20)21/h3,5,15-16H,2,4,6-7H2,1H3,(H,17,18)(H2,19,20,21)(H2,22,23,24)/b11-3+. The fraction of sp³-hybridized carbons (Fsp3) is 0.385. The van der Waals surface area contributed by atoms with Crippen LogP contribution in [-0.4, -0.2) is 46.9 Å². The molecule has 0 aliphatic carbocycles. The highest BCUT2D eigenvalue weighted by Gasteiger charge is 2.19. The topological polar surface area (TPSA) is 207 Å². The Hall–Kier alpha value is -1.78. The zero-order valence-electron chi connectivity index (χ0n) is 14.1. The molecule has 1 rings (SSSR count). The first-order valence-corrected chi connectivity index (χ1v) is 10.7. The van der Waals surface area contributed by atoms with E-state index in [2.05, 4.69) is 14.8 Å². The van der Waals surface area contributed by atoms with Crippen molar-refractivity contribution in [3.8, 4) is 5.75 Å². The third kappa shape index (κ3) is 8.63. The number of hydrogen-bond acceptors (Lipinski definition) is 7. The molecule has 7 N–H and O–H groups in total. The quantitative estimate of drug-likeness (QED) is 0.200. The van der Waals surface area contributed by atoms with Crippen molar-refractivity contribution in [1.82, 2.24) is 10.3 Å². The molecule has 14 heteroatoms. The van der Waals surface area contributed by atoms with Crippen LogP contribution in [0.3, 0.4) is 0 Å². The summed E-state index contributed by atoms with van der Waals surface area (Å²) >= 11 is 0. The van der Waals surface area contributed by atoms with E-state index in [0.717, 1.165) is 6.08 Å². The number of carboxylic acid groups (broad SMARTS) is 1. The first-order valence-electron chi connectivity index (χ1n) is 7.38. The largest absolute Gasteiger partial charge is 0.506 e. The second kappa shape index (κ2) is 9.43. The van der Waals surface area contributed by atoms with Crippen LogP contribution in [0.2, 0.25) is 0 Å². The average molecular weight is 426 g/mol. The van der Waals surface area contributed by atoms with E-state index in [1.165, 1.54) is 13.1 Å². The summed E-state index contributed by atoms with van der Waals surface area (Å²) in [4.78, 5) is 50.3. The van der Waals surface area contributed by atoms with E-state index in [1.807, 2.05) is 0 Å². The number of hydrogen-bond donors (Lipinski definition) is 7. The van der Waals surface area contributed by atoms with Crippen molar-refractivity contribution in [2.75, 3.05) is 6.16 Å². The summed E-state index contributed by atoms with van der Waals surface area (Å²) in [5.41, 5.74) is 0.0697. The lowest BCUT2D eigenvalue weighted by Crippen LogP contribution is -2.21. The SMILES string of the molecule is Cc1ncc(COP(=O)(O)O)c(CN/C(=C/CCP(=O)(O)O)C(=O)O)c1O. The van der Waals surface area contributed by atoms with E-state index >= 15 is 0 Å². The molecule has 0 atom stereocenters. The first kappa shape index (κ1) is 23.3. The Labute approximate surface area is 153 Å². The molecule has 0 aromatic carbocycles. The van der Waals surface area contributed by atoms with Crippen LogP contribution < -0.4 is 5.32 Å². The number of allylic oxidation sites excluding steroid dienone is 1. The number of aliphatic carboxylic acids is 1. The van der Waals surface area contributed by atoms with Crippen LogP contribution in [0.5, 0.6) is 5.75 Å². The van der Waals surface area contributed by atoms with Crippen molar-refractivity contribution >= 4 is 21.4 Å².